The molecule has 0 spiro atoms. The number of carboxylic acids is 1. The van der Waals surface area contributed by atoms with Crippen LogP contribution in [0.1, 0.15) is 28.4 Å². The number of aliphatic hydroxyl groups excluding tert-OH is 1. The molecule has 92 valence electrons. The minimum atomic E-state index is -0.981. The van der Waals surface area contributed by atoms with E-state index < -0.39 is 12.1 Å². The minimum absolute atomic E-state index is 0.125. The Balaban J connectivity index is 2.24. The number of aromatic carboxylic acids is 1. The normalized spacial score (nSPS) is 22.6. The fraction of sp³-hybridized carbons (Fsp3) is 0.462. The molecule has 1 fully saturated rings. The summed E-state index contributed by atoms with van der Waals surface area (Å²) in [6, 6.07) is 6.69. The molecule has 1 aromatic rings. The van der Waals surface area contributed by atoms with E-state index in [0.717, 1.165) is 19.5 Å². The quantitative estimate of drug-likeness (QED) is 0.830. The first-order chi connectivity index (χ1) is 8.09. The van der Waals surface area contributed by atoms with Crippen LogP contribution in [0.25, 0.3) is 0 Å². The van der Waals surface area contributed by atoms with Crippen LogP contribution in [0.15, 0.2) is 24.3 Å². The van der Waals surface area contributed by atoms with E-state index in [1.807, 2.05) is 7.05 Å². The Kier molecular flexibility index (Phi) is 3.45. The molecule has 0 saturated carbocycles. The van der Waals surface area contributed by atoms with Gasteiger partial charge in [0.05, 0.1) is 11.7 Å². The van der Waals surface area contributed by atoms with Crippen molar-refractivity contribution in [2.45, 2.75) is 12.5 Å². The number of likely N-dealkylation sites (tertiary alicyclic amines) is 1. The minimum Gasteiger partial charge on any atom is -0.478 e. The molecule has 0 radical (unpaired) electrons. The van der Waals surface area contributed by atoms with Crippen molar-refractivity contribution in [3.63, 3.8) is 0 Å². The molecule has 2 unspecified atom stereocenters. The van der Waals surface area contributed by atoms with E-state index in [4.69, 9.17) is 5.11 Å². The van der Waals surface area contributed by atoms with Crippen LogP contribution >= 0.6 is 0 Å². The molecule has 0 amide bonds. The van der Waals surface area contributed by atoms with E-state index in [9.17, 15) is 9.90 Å². The Morgan fingerprint density at radius 1 is 1.47 bits per heavy atom. The van der Waals surface area contributed by atoms with Crippen LogP contribution < -0.4 is 0 Å². The first-order valence-corrected chi connectivity index (χ1v) is 5.78. The number of carboxylic acid groups (broad SMARTS) is 1. The summed E-state index contributed by atoms with van der Waals surface area (Å²) in [6.45, 7) is 1.77. The lowest BCUT2D eigenvalue weighted by molar-refractivity contribution is 0.0678. The fourth-order valence-electron chi connectivity index (χ4n) is 2.43. The summed E-state index contributed by atoms with van der Waals surface area (Å²) in [4.78, 5) is 13.2. The Bertz CT molecular complexity index is 419. The van der Waals surface area contributed by atoms with Gasteiger partial charge in [0, 0.05) is 12.5 Å². The maximum atomic E-state index is 11.1. The molecule has 0 bridgehead atoms. The third-order valence-electron chi connectivity index (χ3n) is 3.38. The van der Waals surface area contributed by atoms with Crippen molar-refractivity contribution >= 4 is 5.97 Å². The lowest BCUT2D eigenvalue weighted by atomic mass is 9.92. The number of aliphatic hydroxyl groups is 1. The average Bonchev–Trinajstić information content (AvgIpc) is 2.75. The molecular formula is C13H17NO3. The highest BCUT2D eigenvalue weighted by Gasteiger charge is 2.29. The van der Waals surface area contributed by atoms with Crippen LogP contribution in [0.3, 0.4) is 0 Å². The zero-order valence-corrected chi connectivity index (χ0v) is 9.84. The maximum Gasteiger partial charge on any atom is 0.336 e. The molecule has 0 aliphatic carbocycles. The third kappa shape index (κ3) is 2.48. The van der Waals surface area contributed by atoms with Gasteiger partial charge in [-0.3, -0.25) is 0 Å². The molecule has 17 heavy (non-hydrogen) atoms. The van der Waals surface area contributed by atoms with Gasteiger partial charge in [0.25, 0.3) is 0 Å². The highest BCUT2D eigenvalue weighted by Crippen LogP contribution is 2.31. The summed E-state index contributed by atoms with van der Waals surface area (Å²) in [5, 5.41) is 19.4. The molecule has 0 aromatic heterocycles. The van der Waals surface area contributed by atoms with Crippen LogP contribution in [0.4, 0.5) is 0 Å². The summed E-state index contributed by atoms with van der Waals surface area (Å²) in [6.07, 6.45) is 0.221. The zero-order chi connectivity index (χ0) is 12.4. The van der Waals surface area contributed by atoms with Crippen molar-refractivity contribution in [2.75, 3.05) is 20.1 Å². The van der Waals surface area contributed by atoms with E-state index in [-0.39, 0.29) is 11.5 Å². The van der Waals surface area contributed by atoms with Crippen molar-refractivity contribution in [2.24, 2.45) is 5.92 Å². The summed E-state index contributed by atoms with van der Waals surface area (Å²) in [5.41, 5.74) is 0.731. The predicted molar refractivity (Wildman–Crippen MR) is 64.0 cm³/mol. The molecule has 1 aliphatic rings. The third-order valence-corrected chi connectivity index (χ3v) is 3.38. The van der Waals surface area contributed by atoms with Crippen molar-refractivity contribution in [1.82, 2.24) is 4.90 Å². The van der Waals surface area contributed by atoms with Crippen molar-refractivity contribution in [1.29, 1.82) is 0 Å². The Labute approximate surface area is 100 Å². The molecule has 4 heteroatoms. The van der Waals surface area contributed by atoms with Gasteiger partial charge < -0.3 is 15.1 Å². The standard InChI is InChI=1S/C13H17NO3/c1-14-7-6-9(8-14)12(15)10-4-2-3-5-11(10)13(16)17/h2-5,9,12,15H,6-8H2,1H3,(H,16,17). The maximum absolute atomic E-state index is 11.1. The Morgan fingerprint density at radius 3 is 2.76 bits per heavy atom. The van der Waals surface area contributed by atoms with Gasteiger partial charge in [0.1, 0.15) is 0 Å². The molecule has 1 saturated heterocycles. The van der Waals surface area contributed by atoms with E-state index in [0.29, 0.717) is 5.56 Å². The fourth-order valence-corrected chi connectivity index (χ4v) is 2.43. The number of hydrogen-bond acceptors (Lipinski definition) is 3. The second-order valence-corrected chi connectivity index (χ2v) is 4.65. The molecule has 1 heterocycles. The molecule has 1 aliphatic heterocycles. The average molecular weight is 235 g/mol. The van der Waals surface area contributed by atoms with Crippen LogP contribution in [0.2, 0.25) is 0 Å². The van der Waals surface area contributed by atoms with E-state index >= 15 is 0 Å². The number of hydrogen-bond donors (Lipinski definition) is 2. The second-order valence-electron chi connectivity index (χ2n) is 4.65. The molecular weight excluding hydrogens is 218 g/mol. The Morgan fingerprint density at radius 2 is 2.18 bits per heavy atom. The van der Waals surface area contributed by atoms with E-state index in [1.165, 1.54) is 0 Å². The largest absolute Gasteiger partial charge is 0.478 e. The van der Waals surface area contributed by atoms with Crippen molar-refractivity contribution in [3.05, 3.63) is 35.4 Å². The topological polar surface area (TPSA) is 60.8 Å². The summed E-state index contributed by atoms with van der Waals surface area (Å²) >= 11 is 0. The van der Waals surface area contributed by atoms with Gasteiger partial charge in [-0.1, -0.05) is 18.2 Å². The smallest absolute Gasteiger partial charge is 0.336 e. The van der Waals surface area contributed by atoms with Crippen LogP contribution in [0, 0.1) is 5.92 Å². The lowest BCUT2D eigenvalue weighted by Crippen LogP contribution is -2.20. The molecule has 4 nitrogen and oxygen atoms in total. The van der Waals surface area contributed by atoms with Gasteiger partial charge in [-0.2, -0.15) is 0 Å². The Hall–Kier alpha value is -1.39. The van der Waals surface area contributed by atoms with Crippen LogP contribution in [-0.4, -0.2) is 41.2 Å². The van der Waals surface area contributed by atoms with Crippen molar-refractivity contribution < 1.29 is 15.0 Å². The summed E-state index contributed by atoms with van der Waals surface area (Å²) in [5.74, 6) is -0.855. The highest BCUT2D eigenvalue weighted by atomic mass is 16.4. The monoisotopic (exact) mass is 235 g/mol. The molecule has 2 atom stereocenters. The second kappa shape index (κ2) is 4.85. The summed E-state index contributed by atoms with van der Waals surface area (Å²) < 4.78 is 0. The van der Waals surface area contributed by atoms with Gasteiger partial charge in [0.15, 0.2) is 0 Å². The highest BCUT2D eigenvalue weighted by molar-refractivity contribution is 5.89. The first kappa shape index (κ1) is 12.1. The van der Waals surface area contributed by atoms with Gasteiger partial charge in [-0.15, -0.1) is 0 Å². The molecule has 1 aromatic carbocycles. The van der Waals surface area contributed by atoms with Crippen molar-refractivity contribution in [3.8, 4) is 0 Å². The van der Waals surface area contributed by atoms with Gasteiger partial charge in [-0.25, -0.2) is 4.79 Å². The number of rotatable bonds is 3. The number of nitrogens with zero attached hydrogens (tertiary/aromatic N) is 1. The molecule has 2 N–H and O–H groups in total. The molecule has 2 rings (SSSR count). The zero-order valence-electron chi connectivity index (χ0n) is 9.84. The van der Waals surface area contributed by atoms with E-state index in [1.54, 1.807) is 24.3 Å². The van der Waals surface area contributed by atoms with Crippen LogP contribution in [0.5, 0.6) is 0 Å². The SMILES string of the molecule is CN1CCC(C(O)c2ccccc2C(=O)O)C1. The first-order valence-electron chi connectivity index (χ1n) is 5.78. The summed E-state index contributed by atoms with van der Waals surface area (Å²) in [7, 11) is 2.01. The van der Waals surface area contributed by atoms with Crippen LogP contribution in [-0.2, 0) is 0 Å². The van der Waals surface area contributed by atoms with Gasteiger partial charge >= 0.3 is 5.97 Å². The van der Waals surface area contributed by atoms with E-state index in [2.05, 4.69) is 4.90 Å². The number of benzene rings is 1. The van der Waals surface area contributed by atoms with Gasteiger partial charge in [0.2, 0.25) is 0 Å². The predicted octanol–water partition coefficient (Wildman–Crippen LogP) is 1.37. The number of carbonyl (C=O) groups is 1. The van der Waals surface area contributed by atoms with Gasteiger partial charge in [-0.05, 0) is 31.6 Å². The lowest BCUT2D eigenvalue weighted by Gasteiger charge is -2.19.